The molecule has 3 N–H and O–H groups in total. The van der Waals surface area contributed by atoms with Crippen LogP contribution in [0.1, 0.15) is 52.7 Å². The maximum absolute atomic E-state index is 12.8. The molecule has 1 aliphatic heterocycles. The van der Waals surface area contributed by atoms with E-state index in [9.17, 15) is 9.59 Å². The lowest BCUT2D eigenvalue weighted by Gasteiger charge is -2.22. The van der Waals surface area contributed by atoms with Gasteiger partial charge in [0.25, 0.3) is 0 Å². The van der Waals surface area contributed by atoms with Crippen LogP contribution < -0.4 is 16.0 Å². The number of nitrogens with zero attached hydrogens (tertiary/aromatic N) is 1. The van der Waals surface area contributed by atoms with E-state index in [2.05, 4.69) is 28.4 Å². The van der Waals surface area contributed by atoms with Crippen LogP contribution in [0.15, 0.2) is 36.4 Å². The van der Waals surface area contributed by atoms with E-state index >= 15 is 0 Å². The number of carbonyl (C=O) groups is 2. The number of hydrogen-bond donors (Lipinski definition) is 2. The Bertz CT molecular complexity index is 901. The molecule has 0 aromatic heterocycles. The van der Waals surface area contributed by atoms with Gasteiger partial charge >= 0.3 is 0 Å². The molecule has 0 bridgehead atoms. The normalized spacial score (nSPS) is 15.9. The summed E-state index contributed by atoms with van der Waals surface area (Å²) >= 11 is 0. The van der Waals surface area contributed by atoms with E-state index in [1.807, 2.05) is 6.07 Å². The van der Waals surface area contributed by atoms with Crippen LogP contribution in [0.2, 0.25) is 0 Å². The third kappa shape index (κ3) is 4.03. The van der Waals surface area contributed by atoms with Crippen LogP contribution in [0, 0.1) is 0 Å². The van der Waals surface area contributed by atoms with Crippen LogP contribution in [-0.2, 0) is 24.1 Å². The van der Waals surface area contributed by atoms with Crippen molar-refractivity contribution in [2.45, 2.75) is 44.9 Å². The fourth-order valence-corrected chi connectivity index (χ4v) is 4.30. The summed E-state index contributed by atoms with van der Waals surface area (Å²) in [6, 6.07) is 11.7. The second-order valence-corrected chi connectivity index (χ2v) is 7.83. The van der Waals surface area contributed by atoms with Gasteiger partial charge in [0.05, 0.1) is 17.8 Å². The van der Waals surface area contributed by atoms with Crippen LogP contribution >= 0.6 is 0 Å². The van der Waals surface area contributed by atoms with E-state index in [1.165, 1.54) is 24.0 Å². The lowest BCUT2D eigenvalue weighted by Crippen LogP contribution is -2.23. The van der Waals surface area contributed by atoms with E-state index in [4.69, 9.17) is 5.73 Å². The number of fused-ring (bicyclic) bond motifs is 1. The average molecular weight is 377 g/mol. The maximum atomic E-state index is 12.8. The first-order valence-corrected chi connectivity index (χ1v) is 10.2. The number of nitrogens with one attached hydrogen (secondary N) is 1. The molecule has 1 fully saturated rings. The molecule has 2 aliphatic rings. The van der Waals surface area contributed by atoms with Gasteiger partial charge in [-0.15, -0.1) is 0 Å². The minimum Gasteiger partial charge on any atom is -0.370 e. The van der Waals surface area contributed by atoms with Crippen molar-refractivity contribution >= 4 is 23.2 Å². The second kappa shape index (κ2) is 8.05. The highest BCUT2D eigenvalue weighted by Crippen LogP contribution is 2.30. The number of rotatable bonds is 5. The molecular formula is C23H27N3O2. The topological polar surface area (TPSA) is 75.4 Å². The third-order valence-corrected chi connectivity index (χ3v) is 5.78. The third-order valence-electron chi connectivity index (χ3n) is 5.78. The highest BCUT2D eigenvalue weighted by Gasteiger charge is 2.19. The van der Waals surface area contributed by atoms with Crippen molar-refractivity contribution in [3.63, 3.8) is 0 Å². The van der Waals surface area contributed by atoms with E-state index in [1.54, 1.807) is 12.1 Å². The molecule has 0 radical (unpaired) electrons. The Morgan fingerprint density at radius 1 is 0.929 bits per heavy atom. The predicted octanol–water partition coefficient (Wildman–Crippen LogP) is 3.45. The first-order chi connectivity index (χ1) is 13.6. The van der Waals surface area contributed by atoms with Crippen LogP contribution in [0.25, 0.3) is 0 Å². The number of anilines is 2. The summed E-state index contributed by atoms with van der Waals surface area (Å²) < 4.78 is 0. The number of primary amides is 1. The van der Waals surface area contributed by atoms with Crippen molar-refractivity contribution in [3.8, 4) is 0 Å². The predicted molar refractivity (Wildman–Crippen MR) is 112 cm³/mol. The largest absolute Gasteiger partial charge is 0.370 e. The van der Waals surface area contributed by atoms with E-state index in [-0.39, 0.29) is 5.91 Å². The summed E-state index contributed by atoms with van der Waals surface area (Å²) in [5.74, 6) is -0.559. The minimum absolute atomic E-state index is 0.0715. The lowest BCUT2D eigenvalue weighted by molar-refractivity contribution is -0.115. The monoisotopic (exact) mass is 377 g/mol. The summed E-state index contributed by atoms with van der Waals surface area (Å²) in [6.07, 6.45) is 7.32. The van der Waals surface area contributed by atoms with E-state index in [0.29, 0.717) is 17.7 Å². The first-order valence-electron chi connectivity index (χ1n) is 10.2. The summed E-state index contributed by atoms with van der Waals surface area (Å²) in [4.78, 5) is 26.6. The molecule has 0 saturated carbocycles. The van der Waals surface area contributed by atoms with E-state index < -0.39 is 5.91 Å². The van der Waals surface area contributed by atoms with Gasteiger partial charge in [0.1, 0.15) is 0 Å². The van der Waals surface area contributed by atoms with Gasteiger partial charge in [-0.05, 0) is 73.4 Å². The Hall–Kier alpha value is -2.82. The van der Waals surface area contributed by atoms with Crippen molar-refractivity contribution in [1.82, 2.24) is 0 Å². The van der Waals surface area contributed by atoms with Crippen molar-refractivity contribution in [3.05, 3.63) is 58.7 Å². The van der Waals surface area contributed by atoms with Gasteiger partial charge in [-0.25, -0.2) is 0 Å². The molecule has 28 heavy (non-hydrogen) atoms. The minimum atomic E-state index is -0.488. The molecular weight excluding hydrogens is 350 g/mol. The second-order valence-electron chi connectivity index (χ2n) is 7.83. The molecule has 1 saturated heterocycles. The maximum Gasteiger partial charge on any atom is 0.248 e. The fourth-order valence-electron chi connectivity index (χ4n) is 4.30. The van der Waals surface area contributed by atoms with Crippen LogP contribution in [0.4, 0.5) is 11.4 Å². The molecule has 5 heteroatoms. The molecule has 1 aliphatic carbocycles. The molecule has 4 rings (SSSR count). The highest BCUT2D eigenvalue weighted by molar-refractivity contribution is 6.00. The quantitative estimate of drug-likeness (QED) is 0.838. The Kier molecular flexibility index (Phi) is 5.33. The van der Waals surface area contributed by atoms with Gasteiger partial charge in [0.2, 0.25) is 11.8 Å². The van der Waals surface area contributed by atoms with Crippen LogP contribution in [0.3, 0.4) is 0 Å². The highest BCUT2D eigenvalue weighted by atomic mass is 16.2. The van der Waals surface area contributed by atoms with E-state index in [0.717, 1.165) is 50.0 Å². The van der Waals surface area contributed by atoms with Crippen molar-refractivity contribution in [1.29, 1.82) is 0 Å². The van der Waals surface area contributed by atoms with Gasteiger partial charge in [-0.2, -0.15) is 0 Å². The van der Waals surface area contributed by atoms with Crippen LogP contribution in [-0.4, -0.2) is 24.9 Å². The number of nitrogens with two attached hydrogens (primary N) is 1. The molecule has 2 aromatic rings. The molecule has 0 spiro atoms. The van der Waals surface area contributed by atoms with Gasteiger partial charge in [0, 0.05) is 18.7 Å². The smallest absolute Gasteiger partial charge is 0.248 e. The first kappa shape index (κ1) is 18.5. The molecule has 0 unspecified atom stereocenters. The van der Waals surface area contributed by atoms with Gasteiger partial charge in [-0.1, -0.05) is 18.2 Å². The molecule has 2 amide bonds. The zero-order chi connectivity index (χ0) is 19.5. The molecule has 0 atom stereocenters. The van der Waals surface area contributed by atoms with Crippen molar-refractivity contribution < 1.29 is 9.59 Å². The summed E-state index contributed by atoms with van der Waals surface area (Å²) in [6.45, 7) is 1.92. The average Bonchev–Trinajstić information content (AvgIpc) is 3.22. The SMILES string of the molecule is NC(=O)c1ccc(N2CCCC2)c(NC(=O)Cc2ccc3c(c2)CCCC3)c1. The summed E-state index contributed by atoms with van der Waals surface area (Å²) in [7, 11) is 0. The number of amides is 2. The van der Waals surface area contributed by atoms with Crippen molar-refractivity contribution in [2.24, 2.45) is 5.73 Å². The molecule has 5 nitrogen and oxygen atoms in total. The Morgan fingerprint density at radius 2 is 1.68 bits per heavy atom. The summed E-state index contributed by atoms with van der Waals surface area (Å²) in [5, 5.41) is 3.02. The zero-order valence-corrected chi connectivity index (χ0v) is 16.2. The number of aryl methyl sites for hydroxylation is 2. The Labute approximate surface area is 165 Å². The Morgan fingerprint density at radius 3 is 2.43 bits per heavy atom. The Balaban J connectivity index is 1.53. The summed E-state index contributed by atoms with van der Waals surface area (Å²) in [5.41, 5.74) is 11.3. The van der Waals surface area contributed by atoms with Crippen molar-refractivity contribution in [2.75, 3.05) is 23.3 Å². The van der Waals surface area contributed by atoms with Gasteiger partial charge < -0.3 is 16.0 Å². The fraction of sp³-hybridized carbons (Fsp3) is 0.391. The molecule has 2 aromatic carbocycles. The zero-order valence-electron chi connectivity index (χ0n) is 16.2. The van der Waals surface area contributed by atoms with Crippen LogP contribution in [0.5, 0.6) is 0 Å². The lowest BCUT2D eigenvalue weighted by atomic mass is 9.90. The standard InChI is InChI=1S/C23H27N3O2/c24-23(28)19-9-10-21(26-11-3-4-12-26)20(15-19)25-22(27)14-16-7-8-17-5-1-2-6-18(17)13-16/h7-10,13,15H,1-6,11-12,14H2,(H2,24,28)(H,25,27). The van der Waals surface area contributed by atoms with Gasteiger partial charge in [-0.3, -0.25) is 9.59 Å². The number of hydrogen-bond acceptors (Lipinski definition) is 3. The number of benzene rings is 2. The molecule has 146 valence electrons. The van der Waals surface area contributed by atoms with Gasteiger partial charge in [0.15, 0.2) is 0 Å². The molecule has 1 heterocycles. The number of carbonyl (C=O) groups excluding carboxylic acids is 2.